The van der Waals surface area contributed by atoms with E-state index in [1.807, 2.05) is 0 Å². The molecular weight excluding hydrogens is 261 g/mol. The van der Waals surface area contributed by atoms with Crippen molar-refractivity contribution in [1.29, 1.82) is 0 Å². The van der Waals surface area contributed by atoms with Crippen LogP contribution in [0.1, 0.15) is 29.6 Å². The number of ketones is 1. The number of nitrogen functional groups attached to an aromatic ring is 1. The van der Waals surface area contributed by atoms with Gasteiger partial charge in [-0.1, -0.05) is 6.42 Å². The van der Waals surface area contributed by atoms with Gasteiger partial charge in [-0.15, -0.1) is 0 Å². The third kappa shape index (κ3) is 1.91. The van der Waals surface area contributed by atoms with E-state index in [1.54, 1.807) is 0 Å². The van der Waals surface area contributed by atoms with Crippen molar-refractivity contribution in [3.63, 3.8) is 0 Å². The Kier molecular flexibility index (Phi) is 2.78. The van der Waals surface area contributed by atoms with Gasteiger partial charge in [0.1, 0.15) is 5.82 Å². The zero-order valence-electron chi connectivity index (χ0n) is 8.09. The average molecular weight is 272 g/mol. The number of anilines is 1. The van der Waals surface area contributed by atoms with E-state index in [-0.39, 0.29) is 11.7 Å². The first-order chi connectivity index (χ1) is 7.09. The van der Waals surface area contributed by atoms with Crippen molar-refractivity contribution >= 4 is 27.4 Å². The summed E-state index contributed by atoms with van der Waals surface area (Å²) in [4.78, 5) is 11.9. The first-order valence-electron chi connectivity index (χ1n) is 4.88. The van der Waals surface area contributed by atoms with Crippen molar-refractivity contribution in [3.8, 4) is 0 Å². The van der Waals surface area contributed by atoms with Crippen molar-refractivity contribution in [1.82, 2.24) is 0 Å². The summed E-state index contributed by atoms with van der Waals surface area (Å²) in [6.45, 7) is 0. The van der Waals surface area contributed by atoms with E-state index in [2.05, 4.69) is 15.9 Å². The molecule has 0 spiro atoms. The standard InChI is InChI=1S/C11H11BrFNO/c12-9-5-7(13)4-8(10(9)14)11(15)6-2-1-3-6/h4-6H,1-3,14H2. The lowest BCUT2D eigenvalue weighted by atomic mass is 9.79. The molecular formula is C11H11BrFNO. The van der Waals surface area contributed by atoms with E-state index in [0.29, 0.717) is 15.7 Å². The molecule has 0 aromatic heterocycles. The number of hydrogen-bond donors (Lipinski definition) is 1. The maximum atomic E-state index is 13.1. The van der Waals surface area contributed by atoms with Gasteiger partial charge in [-0.3, -0.25) is 4.79 Å². The fourth-order valence-electron chi connectivity index (χ4n) is 1.68. The quantitative estimate of drug-likeness (QED) is 0.663. The Morgan fingerprint density at radius 1 is 1.47 bits per heavy atom. The smallest absolute Gasteiger partial charge is 0.168 e. The molecule has 80 valence electrons. The fourth-order valence-corrected chi connectivity index (χ4v) is 2.11. The minimum atomic E-state index is -0.432. The summed E-state index contributed by atoms with van der Waals surface area (Å²) in [5.41, 5.74) is 6.39. The normalized spacial score (nSPS) is 16.1. The molecule has 2 nitrogen and oxygen atoms in total. The molecule has 0 bridgehead atoms. The molecule has 4 heteroatoms. The Hall–Kier alpha value is -0.900. The van der Waals surface area contributed by atoms with Gasteiger partial charge in [-0.05, 0) is 40.9 Å². The van der Waals surface area contributed by atoms with Crippen LogP contribution in [-0.4, -0.2) is 5.78 Å². The predicted octanol–water partition coefficient (Wildman–Crippen LogP) is 3.15. The molecule has 0 heterocycles. The molecule has 0 radical (unpaired) electrons. The Morgan fingerprint density at radius 2 is 2.13 bits per heavy atom. The first-order valence-corrected chi connectivity index (χ1v) is 5.67. The molecule has 1 fully saturated rings. The molecule has 1 aliphatic carbocycles. The molecule has 1 aromatic carbocycles. The SMILES string of the molecule is Nc1c(Br)cc(F)cc1C(=O)C1CCC1. The number of hydrogen-bond acceptors (Lipinski definition) is 2. The highest BCUT2D eigenvalue weighted by Gasteiger charge is 2.28. The molecule has 1 saturated carbocycles. The summed E-state index contributed by atoms with van der Waals surface area (Å²) >= 11 is 3.14. The summed E-state index contributed by atoms with van der Waals surface area (Å²) < 4.78 is 13.6. The molecule has 0 atom stereocenters. The average Bonchev–Trinajstić information content (AvgIpc) is 2.08. The van der Waals surface area contributed by atoms with Gasteiger partial charge in [0.15, 0.2) is 5.78 Å². The van der Waals surface area contributed by atoms with Gasteiger partial charge >= 0.3 is 0 Å². The van der Waals surface area contributed by atoms with Crippen LogP contribution >= 0.6 is 15.9 Å². The van der Waals surface area contributed by atoms with E-state index >= 15 is 0 Å². The highest BCUT2D eigenvalue weighted by molar-refractivity contribution is 9.10. The molecule has 0 aliphatic heterocycles. The van der Waals surface area contributed by atoms with Gasteiger partial charge < -0.3 is 5.73 Å². The second-order valence-electron chi connectivity index (χ2n) is 3.84. The number of Topliss-reactive ketones (excluding diaryl/α,β-unsaturated/α-hetero) is 1. The number of rotatable bonds is 2. The highest BCUT2D eigenvalue weighted by Crippen LogP contribution is 2.33. The van der Waals surface area contributed by atoms with Crippen LogP contribution in [0.25, 0.3) is 0 Å². The maximum absolute atomic E-state index is 13.1. The molecule has 1 aliphatic rings. The van der Waals surface area contributed by atoms with Gasteiger partial charge in [0.2, 0.25) is 0 Å². The fraction of sp³-hybridized carbons (Fsp3) is 0.364. The van der Waals surface area contributed by atoms with Crippen LogP contribution in [0.2, 0.25) is 0 Å². The van der Waals surface area contributed by atoms with Gasteiger partial charge in [-0.25, -0.2) is 4.39 Å². The van der Waals surface area contributed by atoms with Gasteiger partial charge in [0.05, 0.1) is 5.69 Å². The van der Waals surface area contributed by atoms with Crippen LogP contribution in [-0.2, 0) is 0 Å². The largest absolute Gasteiger partial charge is 0.397 e. The lowest BCUT2D eigenvalue weighted by Gasteiger charge is -2.24. The van der Waals surface area contributed by atoms with Gasteiger partial charge in [0, 0.05) is 16.0 Å². The Bertz CT molecular complexity index is 415. The summed E-state index contributed by atoms with van der Waals surface area (Å²) in [5, 5.41) is 0. The summed E-state index contributed by atoms with van der Waals surface area (Å²) in [5.74, 6) is -0.418. The van der Waals surface area contributed by atoms with Crippen LogP contribution < -0.4 is 5.73 Å². The van der Waals surface area contributed by atoms with Crippen LogP contribution in [0, 0.1) is 11.7 Å². The van der Waals surface area contributed by atoms with Crippen molar-refractivity contribution < 1.29 is 9.18 Å². The van der Waals surface area contributed by atoms with Crippen LogP contribution in [0.4, 0.5) is 10.1 Å². The van der Waals surface area contributed by atoms with E-state index in [1.165, 1.54) is 12.1 Å². The van der Waals surface area contributed by atoms with Crippen LogP contribution in [0.3, 0.4) is 0 Å². The maximum Gasteiger partial charge on any atom is 0.168 e. The van der Waals surface area contributed by atoms with Crippen molar-refractivity contribution in [2.45, 2.75) is 19.3 Å². The second-order valence-corrected chi connectivity index (χ2v) is 4.70. The minimum absolute atomic E-state index is 0.0287. The summed E-state index contributed by atoms with van der Waals surface area (Å²) in [6.07, 6.45) is 2.87. The third-order valence-corrected chi connectivity index (χ3v) is 3.49. The van der Waals surface area contributed by atoms with Gasteiger partial charge in [0.25, 0.3) is 0 Å². The minimum Gasteiger partial charge on any atom is -0.397 e. The summed E-state index contributed by atoms with van der Waals surface area (Å²) in [7, 11) is 0. The van der Waals surface area contributed by atoms with E-state index in [0.717, 1.165) is 19.3 Å². The Morgan fingerprint density at radius 3 is 2.67 bits per heavy atom. The lowest BCUT2D eigenvalue weighted by molar-refractivity contribution is 0.0855. The zero-order chi connectivity index (χ0) is 11.0. The zero-order valence-corrected chi connectivity index (χ0v) is 9.68. The first kappa shape index (κ1) is 10.6. The number of carbonyl (C=O) groups excluding carboxylic acids is 1. The number of nitrogens with two attached hydrogens (primary N) is 1. The van der Waals surface area contributed by atoms with E-state index in [4.69, 9.17) is 5.73 Å². The predicted molar refractivity (Wildman–Crippen MR) is 60.2 cm³/mol. The lowest BCUT2D eigenvalue weighted by Crippen LogP contribution is -2.23. The van der Waals surface area contributed by atoms with Crippen LogP contribution in [0.5, 0.6) is 0 Å². The Labute approximate surface area is 95.8 Å². The van der Waals surface area contributed by atoms with Crippen molar-refractivity contribution in [3.05, 3.63) is 28.0 Å². The van der Waals surface area contributed by atoms with E-state index < -0.39 is 5.82 Å². The summed E-state index contributed by atoms with van der Waals surface area (Å²) in [6, 6.07) is 2.49. The van der Waals surface area contributed by atoms with Crippen molar-refractivity contribution in [2.24, 2.45) is 5.92 Å². The number of halogens is 2. The third-order valence-electron chi connectivity index (χ3n) is 2.84. The highest BCUT2D eigenvalue weighted by atomic mass is 79.9. The molecule has 2 rings (SSSR count). The number of carbonyl (C=O) groups is 1. The molecule has 2 N–H and O–H groups in total. The topological polar surface area (TPSA) is 43.1 Å². The van der Waals surface area contributed by atoms with Gasteiger partial charge in [-0.2, -0.15) is 0 Å². The molecule has 1 aromatic rings. The molecule has 0 saturated heterocycles. The van der Waals surface area contributed by atoms with Crippen molar-refractivity contribution in [2.75, 3.05) is 5.73 Å². The molecule has 0 unspecified atom stereocenters. The Balaban J connectivity index is 2.38. The van der Waals surface area contributed by atoms with Crippen LogP contribution in [0.15, 0.2) is 16.6 Å². The second kappa shape index (κ2) is 3.93. The molecule has 0 amide bonds. The number of benzene rings is 1. The monoisotopic (exact) mass is 271 g/mol. The van der Waals surface area contributed by atoms with E-state index in [9.17, 15) is 9.18 Å². The molecule has 15 heavy (non-hydrogen) atoms.